The van der Waals surface area contributed by atoms with Crippen LogP contribution in [0.5, 0.6) is 11.5 Å². The minimum Gasteiger partial charge on any atom is -0.465 e. The van der Waals surface area contributed by atoms with Gasteiger partial charge in [-0.1, -0.05) is 59.6 Å². The summed E-state index contributed by atoms with van der Waals surface area (Å²) in [6, 6.07) is 24.7. The fourth-order valence-electron chi connectivity index (χ4n) is 2.27. The fraction of sp³-hybridized carbons (Fsp3) is 0.0870. The molecule has 3 rings (SSSR count). The first-order chi connectivity index (χ1) is 13.1. The molecule has 0 fully saturated rings. The number of aliphatic imine (C=N–C) groups is 1. The molecule has 0 saturated heterocycles. The Morgan fingerprint density at radius 3 is 2.26 bits per heavy atom. The first-order valence-corrected chi connectivity index (χ1v) is 8.96. The van der Waals surface area contributed by atoms with E-state index >= 15 is 0 Å². The Morgan fingerprint density at radius 2 is 1.56 bits per heavy atom. The minimum absolute atomic E-state index is 0.418. The lowest BCUT2D eigenvalue weighted by Crippen LogP contribution is -2.11. The second-order valence-electron chi connectivity index (χ2n) is 6.02. The van der Waals surface area contributed by atoms with Gasteiger partial charge in [-0.2, -0.15) is 0 Å². The smallest absolute Gasteiger partial charge is 0.225 e. The molecule has 0 aliphatic carbocycles. The van der Waals surface area contributed by atoms with Crippen LogP contribution in [0.1, 0.15) is 12.5 Å². The quantitative estimate of drug-likeness (QED) is 0.280. The van der Waals surface area contributed by atoms with Gasteiger partial charge in [-0.15, -0.1) is 0 Å². The molecule has 3 aromatic rings. The van der Waals surface area contributed by atoms with E-state index in [4.69, 9.17) is 21.1 Å². The number of hydrogen-bond acceptors (Lipinski definition) is 3. The van der Waals surface area contributed by atoms with Crippen LogP contribution in [-0.4, -0.2) is 5.90 Å². The van der Waals surface area contributed by atoms with E-state index in [1.807, 2.05) is 80.6 Å². The van der Waals surface area contributed by atoms with Crippen molar-refractivity contribution in [3.8, 4) is 11.5 Å². The van der Waals surface area contributed by atoms with Crippen molar-refractivity contribution in [1.29, 1.82) is 0 Å². The molecule has 136 valence electrons. The van der Waals surface area contributed by atoms with Gasteiger partial charge in [-0.3, -0.25) is 0 Å². The molecule has 0 spiro atoms. The minimum atomic E-state index is 0.418. The maximum absolute atomic E-state index is 6.23. The van der Waals surface area contributed by atoms with E-state index in [1.54, 1.807) is 18.4 Å². The Balaban J connectivity index is 1.88. The molecule has 3 nitrogen and oxygen atoms in total. The normalized spacial score (nSPS) is 12.0. The van der Waals surface area contributed by atoms with Crippen LogP contribution in [0.3, 0.4) is 0 Å². The van der Waals surface area contributed by atoms with Crippen LogP contribution in [-0.2, 0) is 0 Å². The van der Waals surface area contributed by atoms with E-state index in [0.29, 0.717) is 16.7 Å². The molecule has 0 saturated carbocycles. The van der Waals surface area contributed by atoms with E-state index < -0.39 is 0 Å². The molecule has 0 heterocycles. The number of rotatable bonds is 5. The Morgan fingerprint density at radius 1 is 0.889 bits per heavy atom. The number of para-hydroxylation sites is 2. The molecule has 0 aliphatic rings. The van der Waals surface area contributed by atoms with Gasteiger partial charge in [0.1, 0.15) is 11.5 Å². The summed E-state index contributed by atoms with van der Waals surface area (Å²) >= 11 is 6.23. The highest BCUT2D eigenvalue weighted by Gasteiger charge is 2.10. The maximum Gasteiger partial charge on any atom is 0.225 e. The molecule has 0 unspecified atom stereocenters. The molecule has 0 N–H and O–H groups in total. The Labute approximate surface area is 164 Å². The number of aryl methyl sites for hydroxylation is 1. The highest BCUT2D eigenvalue weighted by Crippen LogP contribution is 2.25. The maximum atomic E-state index is 6.23. The van der Waals surface area contributed by atoms with E-state index in [2.05, 4.69) is 4.99 Å². The van der Waals surface area contributed by atoms with Crippen molar-refractivity contribution in [3.05, 3.63) is 101 Å². The van der Waals surface area contributed by atoms with Gasteiger partial charge >= 0.3 is 0 Å². The summed E-state index contributed by atoms with van der Waals surface area (Å²) in [6.45, 7) is 3.92. The van der Waals surface area contributed by atoms with E-state index in [1.165, 1.54) is 5.56 Å². The summed E-state index contributed by atoms with van der Waals surface area (Å²) in [5.74, 6) is 1.70. The van der Waals surface area contributed by atoms with E-state index in [-0.39, 0.29) is 0 Å². The van der Waals surface area contributed by atoms with Crippen molar-refractivity contribution >= 4 is 23.2 Å². The largest absolute Gasteiger partial charge is 0.465 e. The van der Waals surface area contributed by atoms with Crippen LogP contribution >= 0.6 is 11.6 Å². The van der Waals surface area contributed by atoms with Gasteiger partial charge in [0, 0.05) is 5.57 Å². The predicted octanol–water partition coefficient (Wildman–Crippen LogP) is 6.74. The van der Waals surface area contributed by atoms with Gasteiger partial charge in [-0.05, 0) is 50.2 Å². The average Bonchev–Trinajstić information content (AvgIpc) is 2.69. The summed E-state index contributed by atoms with van der Waals surface area (Å²) in [5, 5.41) is 0.519. The van der Waals surface area contributed by atoms with Crippen molar-refractivity contribution in [1.82, 2.24) is 0 Å². The molecule has 0 aromatic heterocycles. The lowest BCUT2D eigenvalue weighted by Gasteiger charge is -2.11. The Kier molecular flexibility index (Phi) is 6.29. The highest BCUT2D eigenvalue weighted by molar-refractivity contribution is 6.32. The number of benzene rings is 3. The molecule has 0 radical (unpaired) electrons. The van der Waals surface area contributed by atoms with Gasteiger partial charge in [0.25, 0.3) is 0 Å². The summed E-state index contributed by atoms with van der Waals surface area (Å²) in [5.41, 5.74) is 2.69. The van der Waals surface area contributed by atoms with E-state index in [0.717, 1.165) is 17.0 Å². The molecule has 3 aromatic carbocycles. The third kappa shape index (κ3) is 5.47. The molecule has 0 atom stereocenters. The van der Waals surface area contributed by atoms with Crippen molar-refractivity contribution < 1.29 is 9.47 Å². The topological polar surface area (TPSA) is 30.8 Å². The third-order valence-corrected chi connectivity index (χ3v) is 4.07. The molecular weight excluding hydrogens is 358 g/mol. The fourth-order valence-corrected chi connectivity index (χ4v) is 2.44. The van der Waals surface area contributed by atoms with Crippen LogP contribution in [0, 0.1) is 6.92 Å². The number of ether oxygens (including phenoxy) is 2. The number of halogens is 1. The number of hydrogen-bond donors (Lipinski definition) is 0. The molecule has 27 heavy (non-hydrogen) atoms. The molecule has 0 bridgehead atoms. The summed E-state index contributed by atoms with van der Waals surface area (Å²) < 4.78 is 11.7. The van der Waals surface area contributed by atoms with Crippen LogP contribution < -0.4 is 9.47 Å². The first-order valence-electron chi connectivity index (χ1n) is 8.58. The zero-order chi connectivity index (χ0) is 19.1. The second-order valence-corrected chi connectivity index (χ2v) is 6.42. The standard InChI is InChI=1S/C23H20ClNO2/c1-17-12-14-20(15-13-17)26-16-18(2)23(25-19-8-4-3-5-9-19)27-22-11-7-6-10-21(22)24/h3-16H,1-2H3/b18-16+,25-23?. The first kappa shape index (κ1) is 18.7. The zero-order valence-electron chi connectivity index (χ0n) is 15.2. The molecule has 4 heteroatoms. The van der Waals surface area contributed by atoms with Crippen molar-refractivity contribution in [2.75, 3.05) is 0 Å². The zero-order valence-corrected chi connectivity index (χ0v) is 16.0. The molecule has 0 amide bonds. The van der Waals surface area contributed by atoms with Gasteiger partial charge < -0.3 is 9.47 Å². The summed E-state index contributed by atoms with van der Waals surface area (Å²) in [6.07, 6.45) is 1.63. The molecule has 0 aliphatic heterocycles. The summed E-state index contributed by atoms with van der Waals surface area (Å²) in [7, 11) is 0. The SMILES string of the molecule is C/C(=C\Oc1ccc(C)cc1)C(=Nc1ccccc1)Oc1ccccc1Cl. The van der Waals surface area contributed by atoms with E-state index in [9.17, 15) is 0 Å². The van der Waals surface area contributed by atoms with Gasteiger partial charge in [0.15, 0.2) is 0 Å². The van der Waals surface area contributed by atoms with Crippen molar-refractivity contribution in [3.63, 3.8) is 0 Å². The van der Waals surface area contributed by atoms with Gasteiger partial charge in [0.05, 0.1) is 17.0 Å². The highest BCUT2D eigenvalue weighted by atomic mass is 35.5. The number of nitrogens with zero attached hydrogens (tertiary/aromatic N) is 1. The van der Waals surface area contributed by atoms with Gasteiger partial charge in [-0.25, -0.2) is 4.99 Å². The third-order valence-electron chi connectivity index (χ3n) is 3.76. The summed E-state index contributed by atoms with van der Waals surface area (Å²) in [4.78, 5) is 4.61. The van der Waals surface area contributed by atoms with Crippen LogP contribution in [0.25, 0.3) is 0 Å². The second kappa shape index (κ2) is 9.06. The predicted molar refractivity (Wildman–Crippen MR) is 111 cm³/mol. The Bertz CT molecular complexity index is 948. The monoisotopic (exact) mass is 377 g/mol. The van der Waals surface area contributed by atoms with Crippen molar-refractivity contribution in [2.45, 2.75) is 13.8 Å². The Hall–Kier alpha value is -3.04. The molecular formula is C23H20ClNO2. The van der Waals surface area contributed by atoms with Crippen LogP contribution in [0.2, 0.25) is 5.02 Å². The van der Waals surface area contributed by atoms with Gasteiger partial charge in [0.2, 0.25) is 5.90 Å². The van der Waals surface area contributed by atoms with Crippen LogP contribution in [0.4, 0.5) is 5.69 Å². The lowest BCUT2D eigenvalue weighted by molar-refractivity contribution is 0.473. The van der Waals surface area contributed by atoms with Crippen molar-refractivity contribution in [2.24, 2.45) is 4.99 Å². The van der Waals surface area contributed by atoms with Crippen LogP contribution in [0.15, 0.2) is 95.7 Å². The average molecular weight is 378 g/mol. The lowest BCUT2D eigenvalue weighted by atomic mass is 10.2.